The van der Waals surface area contributed by atoms with Gasteiger partial charge in [0.1, 0.15) is 11.5 Å². The molecule has 0 radical (unpaired) electrons. The summed E-state index contributed by atoms with van der Waals surface area (Å²) < 4.78 is 0. The highest BCUT2D eigenvalue weighted by atomic mass is 16.3. The molecule has 1 aromatic carbocycles. The minimum absolute atomic E-state index is 0.0565. The minimum Gasteiger partial charge on any atom is -0.508 e. The molecule has 1 aromatic heterocycles. The normalized spacial score (nSPS) is 18.7. The number of nitrogens with zero attached hydrogens (tertiary/aromatic N) is 2. The van der Waals surface area contributed by atoms with E-state index in [-0.39, 0.29) is 28.9 Å². The van der Waals surface area contributed by atoms with Crippen molar-refractivity contribution in [3.8, 4) is 11.5 Å². The molecule has 0 saturated carbocycles. The summed E-state index contributed by atoms with van der Waals surface area (Å²) >= 11 is 0. The zero-order valence-corrected chi connectivity index (χ0v) is 11.5. The summed E-state index contributed by atoms with van der Waals surface area (Å²) in [5, 5.41) is 25.9. The highest BCUT2D eigenvalue weighted by Gasteiger charge is 2.27. The molecule has 1 fully saturated rings. The SMILES string of the molecule is O=C(c1ccc(O)cc1O)N1CCC[C@H](c2cn[nH]c2)C1. The third kappa shape index (κ3) is 2.69. The summed E-state index contributed by atoms with van der Waals surface area (Å²) in [6, 6.07) is 4.05. The Hall–Kier alpha value is -2.50. The number of amides is 1. The molecular weight excluding hydrogens is 270 g/mol. The van der Waals surface area contributed by atoms with E-state index in [2.05, 4.69) is 10.2 Å². The van der Waals surface area contributed by atoms with Crippen molar-refractivity contribution < 1.29 is 15.0 Å². The number of aromatic hydroxyl groups is 2. The van der Waals surface area contributed by atoms with Gasteiger partial charge in [-0.1, -0.05) is 0 Å². The van der Waals surface area contributed by atoms with Gasteiger partial charge in [-0.05, 0) is 30.5 Å². The molecule has 3 rings (SSSR count). The topological polar surface area (TPSA) is 89.4 Å². The van der Waals surface area contributed by atoms with Crippen LogP contribution in [0.5, 0.6) is 11.5 Å². The Bertz CT molecular complexity index is 640. The van der Waals surface area contributed by atoms with Crippen LogP contribution >= 0.6 is 0 Å². The first kappa shape index (κ1) is 13.5. The van der Waals surface area contributed by atoms with Crippen molar-refractivity contribution in [2.24, 2.45) is 0 Å². The summed E-state index contributed by atoms with van der Waals surface area (Å²) in [5.41, 5.74) is 1.32. The van der Waals surface area contributed by atoms with Gasteiger partial charge in [0.25, 0.3) is 5.91 Å². The quantitative estimate of drug-likeness (QED) is 0.786. The van der Waals surface area contributed by atoms with Crippen molar-refractivity contribution in [2.45, 2.75) is 18.8 Å². The van der Waals surface area contributed by atoms with E-state index < -0.39 is 0 Å². The summed E-state index contributed by atoms with van der Waals surface area (Å²) in [7, 11) is 0. The van der Waals surface area contributed by atoms with Gasteiger partial charge in [0.05, 0.1) is 11.8 Å². The molecule has 1 saturated heterocycles. The first-order valence-electron chi connectivity index (χ1n) is 6.95. The number of aromatic amines is 1. The van der Waals surface area contributed by atoms with E-state index in [1.54, 1.807) is 11.1 Å². The van der Waals surface area contributed by atoms with E-state index in [4.69, 9.17) is 0 Å². The Morgan fingerprint density at radius 1 is 1.38 bits per heavy atom. The van der Waals surface area contributed by atoms with Crippen LogP contribution in [-0.4, -0.2) is 44.3 Å². The Labute approximate surface area is 122 Å². The molecule has 2 heterocycles. The largest absolute Gasteiger partial charge is 0.508 e. The molecule has 0 bridgehead atoms. The van der Waals surface area contributed by atoms with Crippen LogP contribution in [0.4, 0.5) is 0 Å². The van der Waals surface area contributed by atoms with E-state index in [0.717, 1.165) is 18.4 Å². The summed E-state index contributed by atoms with van der Waals surface area (Å²) in [5.74, 6) is -0.189. The van der Waals surface area contributed by atoms with Crippen LogP contribution in [0.15, 0.2) is 30.6 Å². The van der Waals surface area contributed by atoms with Gasteiger partial charge < -0.3 is 15.1 Å². The third-order valence-corrected chi connectivity index (χ3v) is 3.91. The molecule has 1 aliphatic rings. The Kier molecular flexibility index (Phi) is 3.51. The van der Waals surface area contributed by atoms with E-state index in [1.165, 1.54) is 18.2 Å². The number of hydrogen-bond acceptors (Lipinski definition) is 4. The Balaban J connectivity index is 1.78. The van der Waals surface area contributed by atoms with Crippen LogP contribution in [-0.2, 0) is 0 Å². The van der Waals surface area contributed by atoms with Gasteiger partial charge in [0.2, 0.25) is 0 Å². The zero-order chi connectivity index (χ0) is 14.8. The van der Waals surface area contributed by atoms with Gasteiger partial charge in [-0.2, -0.15) is 5.10 Å². The fourth-order valence-electron chi connectivity index (χ4n) is 2.79. The molecule has 6 nitrogen and oxygen atoms in total. The van der Waals surface area contributed by atoms with Crippen molar-refractivity contribution in [3.63, 3.8) is 0 Å². The smallest absolute Gasteiger partial charge is 0.257 e. The van der Waals surface area contributed by atoms with Crippen LogP contribution in [0.1, 0.15) is 34.7 Å². The fraction of sp³-hybridized carbons (Fsp3) is 0.333. The number of phenolic OH excluding ortho intramolecular Hbond substituents is 2. The average molecular weight is 287 g/mol. The minimum atomic E-state index is -0.208. The molecule has 1 amide bonds. The van der Waals surface area contributed by atoms with Crippen LogP contribution < -0.4 is 0 Å². The second-order valence-corrected chi connectivity index (χ2v) is 5.32. The standard InChI is InChI=1S/C15H17N3O3/c19-12-3-4-13(14(20)6-12)15(21)18-5-1-2-10(9-18)11-7-16-17-8-11/h3-4,6-8,10,19-20H,1-2,5,9H2,(H,16,17)/t10-/m0/s1. The summed E-state index contributed by atoms with van der Waals surface area (Å²) in [4.78, 5) is 14.3. The number of phenols is 2. The number of aromatic nitrogens is 2. The van der Waals surface area contributed by atoms with Crippen LogP contribution in [0, 0.1) is 0 Å². The van der Waals surface area contributed by atoms with Gasteiger partial charge in [-0.3, -0.25) is 9.89 Å². The number of rotatable bonds is 2. The molecule has 0 unspecified atom stereocenters. The molecule has 21 heavy (non-hydrogen) atoms. The average Bonchev–Trinajstić information content (AvgIpc) is 3.01. The van der Waals surface area contributed by atoms with E-state index in [1.807, 2.05) is 6.20 Å². The third-order valence-electron chi connectivity index (χ3n) is 3.91. The lowest BCUT2D eigenvalue weighted by atomic mass is 9.92. The summed E-state index contributed by atoms with van der Waals surface area (Å²) in [6.07, 6.45) is 5.58. The second kappa shape index (κ2) is 5.47. The number of nitrogens with one attached hydrogen (secondary N) is 1. The van der Waals surface area contributed by atoms with Crippen molar-refractivity contribution in [1.29, 1.82) is 0 Å². The van der Waals surface area contributed by atoms with E-state index in [9.17, 15) is 15.0 Å². The predicted molar refractivity (Wildman–Crippen MR) is 76.2 cm³/mol. The molecule has 110 valence electrons. The molecular formula is C15H17N3O3. The van der Waals surface area contributed by atoms with Crippen LogP contribution in [0.25, 0.3) is 0 Å². The number of carbonyl (C=O) groups excluding carboxylic acids is 1. The fourth-order valence-corrected chi connectivity index (χ4v) is 2.79. The van der Waals surface area contributed by atoms with Gasteiger partial charge in [0.15, 0.2) is 0 Å². The monoisotopic (exact) mass is 287 g/mol. The van der Waals surface area contributed by atoms with Gasteiger partial charge in [-0.15, -0.1) is 0 Å². The molecule has 0 aliphatic carbocycles. The maximum absolute atomic E-state index is 12.5. The highest BCUT2D eigenvalue weighted by Crippen LogP contribution is 2.29. The lowest BCUT2D eigenvalue weighted by Crippen LogP contribution is -2.39. The molecule has 0 spiro atoms. The van der Waals surface area contributed by atoms with Crippen molar-refractivity contribution in [2.75, 3.05) is 13.1 Å². The summed E-state index contributed by atoms with van der Waals surface area (Å²) in [6.45, 7) is 1.28. The molecule has 3 N–H and O–H groups in total. The van der Waals surface area contributed by atoms with Crippen LogP contribution in [0.2, 0.25) is 0 Å². The lowest BCUT2D eigenvalue weighted by molar-refractivity contribution is 0.0704. The number of piperidine rings is 1. The van der Waals surface area contributed by atoms with Crippen molar-refractivity contribution in [1.82, 2.24) is 15.1 Å². The van der Waals surface area contributed by atoms with Crippen LogP contribution in [0.3, 0.4) is 0 Å². The number of benzene rings is 1. The maximum atomic E-state index is 12.5. The first-order chi connectivity index (χ1) is 10.1. The molecule has 1 aliphatic heterocycles. The number of hydrogen-bond donors (Lipinski definition) is 3. The maximum Gasteiger partial charge on any atom is 0.257 e. The first-order valence-corrected chi connectivity index (χ1v) is 6.95. The Morgan fingerprint density at radius 2 is 2.24 bits per heavy atom. The zero-order valence-electron chi connectivity index (χ0n) is 11.5. The van der Waals surface area contributed by atoms with Crippen molar-refractivity contribution in [3.05, 3.63) is 41.7 Å². The Morgan fingerprint density at radius 3 is 2.95 bits per heavy atom. The highest BCUT2D eigenvalue weighted by molar-refractivity contribution is 5.97. The second-order valence-electron chi connectivity index (χ2n) is 5.32. The molecule has 1 atom stereocenters. The van der Waals surface area contributed by atoms with Gasteiger partial charge >= 0.3 is 0 Å². The molecule has 6 heteroatoms. The van der Waals surface area contributed by atoms with Gasteiger partial charge in [0, 0.05) is 31.3 Å². The van der Waals surface area contributed by atoms with E-state index >= 15 is 0 Å². The number of carbonyl (C=O) groups is 1. The lowest BCUT2D eigenvalue weighted by Gasteiger charge is -2.32. The van der Waals surface area contributed by atoms with Crippen molar-refractivity contribution >= 4 is 5.91 Å². The molecule has 2 aromatic rings. The predicted octanol–water partition coefficient (Wildman–Crippen LogP) is 1.84. The number of H-pyrrole nitrogens is 1. The number of likely N-dealkylation sites (tertiary alicyclic amines) is 1. The van der Waals surface area contributed by atoms with Gasteiger partial charge in [-0.25, -0.2) is 0 Å². The van der Waals surface area contributed by atoms with E-state index in [0.29, 0.717) is 13.1 Å².